The standard InChI is InChI=1S/C16H25N3O4/c1-4-22-10-15(20)17-13-5-6-16(21)19(8-7-13)9-14-11(2)18-23-12(14)3/h13H,4-10H2,1-3H3,(H,17,20). The molecule has 0 saturated carbocycles. The van der Waals surface area contributed by atoms with E-state index in [-0.39, 0.29) is 24.5 Å². The van der Waals surface area contributed by atoms with Gasteiger partial charge < -0.3 is 19.5 Å². The second-order valence-electron chi connectivity index (χ2n) is 5.85. The van der Waals surface area contributed by atoms with Crippen LogP contribution in [0.2, 0.25) is 0 Å². The number of carbonyl (C=O) groups excluding carboxylic acids is 2. The van der Waals surface area contributed by atoms with Gasteiger partial charge in [0, 0.05) is 31.2 Å². The van der Waals surface area contributed by atoms with Crippen LogP contribution >= 0.6 is 0 Å². The summed E-state index contributed by atoms with van der Waals surface area (Å²) in [5.41, 5.74) is 1.79. The van der Waals surface area contributed by atoms with Crippen molar-refractivity contribution in [3.8, 4) is 0 Å². The molecular weight excluding hydrogens is 298 g/mol. The number of ether oxygens (including phenoxy) is 1. The predicted octanol–water partition coefficient (Wildman–Crippen LogP) is 1.33. The molecule has 0 spiro atoms. The lowest BCUT2D eigenvalue weighted by molar-refractivity contribution is -0.131. The van der Waals surface area contributed by atoms with Crippen molar-refractivity contribution < 1.29 is 18.8 Å². The molecule has 1 unspecified atom stereocenters. The van der Waals surface area contributed by atoms with Crippen LogP contribution in [0.1, 0.15) is 43.2 Å². The third kappa shape index (κ3) is 4.79. The van der Waals surface area contributed by atoms with Crippen LogP contribution in [-0.4, -0.2) is 47.7 Å². The summed E-state index contributed by atoms with van der Waals surface area (Å²) in [7, 11) is 0. The van der Waals surface area contributed by atoms with E-state index < -0.39 is 0 Å². The van der Waals surface area contributed by atoms with Crippen LogP contribution in [0.3, 0.4) is 0 Å². The first-order chi connectivity index (χ1) is 11.0. The molecular formula is C16H25N3O4. The predicted molar refractivity (Wildman–Crippen MR) is 83.7 cm³/mol. The number of likely N-dealkylation sites (tertiary alicyclic amines) is 1. The summed E-state index contributed by atoms with van der Waals surface area (Å²) in [6.07, 6.45) is 1.84. The molecule has 2 heterocycles. The molecule has 0 bridgehead atoms. The maximum atomic E-state index is 12.3. The smallest absolute Gasteiger partial charge is 0.246 e. The van der Waals surface area contributed by atoms with Crippen molar-refractivity contribution in [1.82, 2.24) is 15.4 Å². The molecule has 7 heteroatoms. The summed E-state index contributed by atoms with van der Waals surface area (Å²) in [6.45, 7) is 7.30. The van der Waals surface area contributed by atoms with Crippen molar-refractivity contribution in [2.45, 2.75) is 52.6 Å². The van der Waals surface area contributed by atoms with Gasteiger partial charge in [-0.3, -0.25) is 9.59 Å². The fraction of sp³-hybridized carbons (Fsp3) is 0.688. The zero-order valence-electron chi connectivity index (χ0n) is 14.1. The molecule has 2 rings (SSSR count). The third-order valence-corrected chi connectivity index (χ3v) is 4.14. The number of aromatic nitrogens is 1. The number of aryl methyl sites for hydroxylation is 2. The van der Waals surface area contributed by atoms with Gasteiger partial charge in [0.2, 0.25) is 11.8 Å². The van der Waals surface area contributed by atoms with Crippen molar-refractivity contribution >= 4 is 11.8 Å². The van der Waals surface area contributed by atoms with E-state index in [1.807, 2.05) is 25.7 Å². The van der Waals surface area contributed by atoms with E-state index in [9.17, 15) is 9.59 Å². The Kier molecular flexibility index (Phi) is 6.15. The summed E-state index contributed by atoms with van der Waals surface area (Å²) < 4.78 is 10.3. The van der Waals surface area contributed by atoms with Gasteiger partial charge in [-0.25, -0.2) is 0 Å². The Labute approximate surface area is 136 Å². The summed E-state index contributed by atoms with van der Waals surface area (Å²) in [4.78, 5) is 25.9. The highest BCUT2D eigenvalue weighted by Gasteiger charge is 2.25. The number of carbonyl (C=O) groups is 2. The highest BCUT2D eigenvalue weighted by molar-refractivity contribution is 5.78. The Morgan fingerprint density at radius 1 is 1.43 bits per heavy atom. The molecule has 1 fully saturated rings. The minimum Gasteiger partial charge on any atom is -0.372 e. The molecule has 1 N–H and O–H groups in total. The van der Waals surface area contributed by atoms with E-state index in [0.29, 0.717) is 32.5 Å². The van der Waals surface area contributed by atoms with E-state index in [2.05, 4.69) is 10.5 Å². The van der Waals surface area contributed by atoms with Crippen LogP contribution in [0, 0.1) is 13.8 Å². The first kappa shape index (κ1) is 17.5. The Morgan fingerprint density at radius 2 is 2.22 bits per heavy atom. The highest BCUT2D eigenvalue weighted by atomic mass is 16.5. The van der Waals surface area contributed by atoms with Crippen molar-refractivity contribution in [3.05, 3.63) is 17.0 Å². The normalized spacial score (nSPS) is 18.8. The molecule has 2 amide bonds. The Hall–Kier alpha value is -1.89. The van der Waals surface area contributed by atoms with Gasteiger partial charge in [-0.1, -0.05) is 5.16 Å². The number of nitrogens with zero attached hydrogens (tertiary/aromatic N) is 2. The molecule has 23 heavy (non-hydrogen) atoms. The lowest BCUT2D eigenvalue weighted by Crippen LogP contribution is -2.38. The second-order valence-corrected chi connectivity index (χ2v) is 5.85. The quantitative estimate of drug-likeness (QED) is 0.853. The number of nitrogens with one attached hydrogen (secondary N) is 1. The maximum Gasteiger partial charge on any atom is 0.246 e. The van der Waals surface area contributed by atoms with Crippen molar-refractivity contribution in [3.63, 3.8) is 0 Å². The Bertz CT molecular complexity index is 536. The monoisotopic (exact) mass is 323 g/mol. The number of hydrogen-bond donors (Lipinski definition) is 1. The fourth-order valence-electron chi connectivity index (χ4n) is 2.73. The van der Waals surface area contributed by atoms with Crippen molar-refractivity contribution in [1.29, 1.82) is 0 Å². The topological polar surface area (TPSA) is 84.7 Å². The summed E-state index contributed by atoms with van der Waals surface area (Å²) >= 11 is 0. The minimum atomic E-state index is -0.122. The summed E-state index contributed by atoms with van der Waals surface area (Å²) in [5, 5.41) is 6.87. The number of hydrogen-bond acceptors (Lipinski definition) is 5. The molecule has 1 aliphatic heterocycles. The van der Waals surface area contributed by atoms with E-state index in [1.165, 1.54) is 0 Å². The first-order valence-electron chi connectivity index (χ1n) is 8.07. The van der Waals surface area contributed by atoms with Crippen LogP contribution in [0.4, 0.5) is 0 Å². The average Bonchev–Trinajstić information content (AvgIpc) is 2.73. The molecule has 1 aliphatic rings. The van der Waals surface area contributed by atoms with E-state index >= 15 is 0 Å². The molecule has 1 aromatic heterocycles. The molecule has 7 nitrogen and oxygen atoms in total. The second kappa shape index (κ2) is 8.10. The fourth-order valence-corrected chi connectivity index (χ4v) is 2.73. The van der Waals surface area contributed by atoms with Gasteiger partial charge in [0.05, 0.1) is 12.2 Å². The van der Waals surface area contributed by atoms with Gasteiger partial charge in [0.15, 0.2) is 0 Å². The highest BCUT2D eigenvalue weighted by Crippen LogP contribution is 2.19. The lowest BCUT2D eigenvalue weighted by Gasteiger charge is -2.21. The van der Waals surface area contributed by atoms with Gasteiger partial charge in [0.25, 0.3) is 0 Å². The molecule has 1 atom stereocenters. The van der Waals surface area contributed by atoms with Crippen LogP contribution in [0.5, 0.6) is 0 Å². The summed E-state index contributed by atoms with van der Waals surface area (Å²) in [5.74, 6) is 0.733. The van der Waals surface area contributed by atoms with Gasteiger partial charge in [-0.05, 0) is 33.6 Å². The van der Waals surface area contributed by atoms with Crippen LogP contribution in [-0.2, 0) is 20.9 Å². The van der Waals surface area contributed by atoms with E-state index in [0.717, 1.165) is 23.4 Å². The van der Waals surface area contributed by atoms with Crippen LogP contribution in [0.25, 0.3) is 0 Å². The SMILES string of the molecule is CCOCC(=O)NC1CCC(=O)N(Cc2c(C)noc2C)CC1. The molecule has 0 aliphatic carbocycles. The zero-order valence-corrected chi connectivity index (χ0v) is 14.1. The molecule has 1 aromatic rings. The number of amides is 2. The minimum absolute atomic E-state index is 0.0153. The Balaban J connectivity index is 1.91. The van der Waals surface area contributed by atoms with Crippen LogP contribution in [0.15, 0.2) is 4.52 Å². The largest absolute Gasteiger partial charge is 0.372 e. The summed E-state index contributed by atoms with van der Waals surface area (Å²) in [6, 6.07) is 0.0153. The van der Waals surface area contributed by atoms with Crippen LogP contribution < -0.4 is 5.32 Å². The molecule has 128 valence electrons. The van der Waals surface area contributed by atoms with Gasteiger partial charge in [-0.2, -0.15) is 0 Å². The maximum absolute atomic E-state index is 12.3. The lowest BCUT2D eigenvalue weighted by atomic mass is 10.1. The molecule has 1 saturated heterocycles. The molecule has 0 aromatic carbocycles. The van der Waals surface area contributed by atoms with Crippen molar-refractivity contribution in [2.75, 3.05) is 19.8 Å². The number of rotatable bonds is 6. The van der Waals surface area contributed by atoms with Crippen molar-refractivity contribution in [2.24, 2.45) is 0 Å². The van der Waals surface area contributed by atoms with E-state index in [4.69, 9.17) is 9.26 Å². The third-order valence-electron chi connectivity index (χ3n) is 4.14. The Morgan fingerprint density at radius 3 is 2.87 bits per heavy atom. The van der Waals surface area contributed by atoms with Gasteiger partial charge in [-0.15, -0.1) is 0 Å². The first-order valence-corrected chi connectivity index (χ1v) is 8.07. The van der Waals surface area contributed by atoms with E-state index in [1.54, 1.807) is 0 Å². The zero-order chi connectivity index (χ0) is 16.8. The average molecular weight is 323 g/mol. The van der Waals surface area contributed by atoms with Gasteiger partial charge >= 0.3 is 0 Å². The van der Waals surface area contributed by atoms with Gasteiger partial charge in [0.1, 0.15) is 12.4 Å². The molecule has 0 radical (unpaired) electrons.